The monoisotopic (exact) mass is 139 g/mol. The Kier molecular flexibility index (Phi) is 1.42. The molecule has 0 aromatic heterocycles. The van der Waals surface area contributed by atoms with Crippen LogP contribution in [0.25, 0.3) is 0 Å². The van der Waals surface area contributed by atoms with Crippen LogP contribution in [0.4, 0.5) is 0 Å². The van der Waals surface area contributed by atoms with Crippen molar-refractivity contribution in [3.05, 3.63) is 11.8 Å². The van der Waals surface area contributed by atoms with E-state index in [1.165, 1.54) is 23.6 Å². The zero-order valence-electron chi connectivity index (χ0n) is 6.08. The molecule has 1 aliphatic heterocycles. The fourth-order valence-electron chi connectivity index (χ4n) is 1.94. The van der Waals surface area contributed by atoms with Crippen LogP contribution in [0.2, 0.25) is 0 Å². The van der Waals surface area contributed by atoms with Crippen molar-refractivity contribution in [2.45, 2.75) is 25.7 Å². The molecule has 0 amide bonds. The summed E-state index contributed by atoms with van der Waals surface area (Å²) in [4.78, 5) is 0. The zero-order chi connectivity index (χ0) is 6.97. The standard InChI is InChI=1S/C8H13NO/c10-9-6-5-7-3-1-2-4-8(7)9/h4,7,10H,1-3,5-6H2. The smallest absolute Gasteiger partial charge is 0.0456 e. The molecule has 0 bridgehead atoms. The number of fused-ring (bicyclic) bond motifs is 1. The van der Waals surface area contributed by atoms with Crippen molar-refractivity contribution in [2.24, 2.45) is 5.92 Å². The van der Waals surface area contributed by atoms with Gasteiger partial charge in [0.25, 0.3) is 0 Å². The Morgan fingerprint density at radius 3 is 3.20 bits per heavy atom. The first-order valence-corrected chi connectivity index (χ1v) is 4.04. The normalized spacial score (nSPS) is 31.9. The summed E-state index contributed by atoms with van der Waals surface area (Å²) in [5.74, 6) is 0.679. The van der Waals surface area contributed by atoms with Gasteiger partial charge in [-0.2, -0.15) is 0 Å². The molecule has 1 unspecified atom stereocenters. The van der Waals surface area contributed by atoms with Gasteiger partial charge in [-0.05, 0) is 25.7 Å². The fourth-order valence-corrected chi connectivity index (χ4v) is 1.94. The van der Waals surface area contributed by atoms with E-state index in [9.17, 15) is 5.21 Å². The zero-order valence-corrected chi connectivity index (χ0v) is 6.08. The molecule has 1 saturated heterocycles. The van der Waals surface area contributed by atoms with Crippen molar-refractivity contribution in [1.29, 1.82) is 0 Å². The highest BCUT2D eigenvalue weighted by molar-refractivity contribution is 5.10. The summed E-state index contributed by atoms with van der Waals surface area (Å²) >= 11 is 0. The van der Waals surface area contributed by atoms with Crippen molar-refractivity contribution in [1.82, 2.24) is 5.06 Å². The molecule has 2 rings (SSSR count). The van der Waals surface area contributed by atoms with Gasteiger partial charge in [0.2, 0.25) is 0 Å². The van der Waals surface area contributed by atoms with Crippen molar-refractivity contribution >= 4 is 0 Å². The summed E-state index contributed by atoms with van der Waals surface area (Å²) in [7, 11) is 0. The molecule has 2 nitrogen and oxygen atoms in total. The third-order valence-electron chi connectivity index (χ3n) is 2.52. The number of allylic oxidation sites excluding steroid dienone is 2. The Bertz CT molecular complexity index is 165. The molecule has 1 N–H and O–H groups in total. The third kappa shape index (κ3) is 0.833. The molecule has 1 fully saturated rings. The molecule has 0 aromatic rings. The number of hydroxylamine groups is 2. The Balaban J connectivity index is 2.19. The van der Waals surface area contributed by atoms with Crippen LogP contribution in [0, 0.1) is 5.92 Å². The predicted molar refractivity (Wildman–Crippen MR) is 38.5 cm³/mol. The quantitative estimate of drug-likeness (QED) is 0.552. The van der Waals surface area contributed by atoms with Gasteiger partial charge >= 0.3 is 0 Å². The van der Waals surface area contributed by atoms with Crippen LogP contribution in [0.1, 0.15) is 25.7 Å². The van der Waals surface area contributed by atoms with Crippen LogP contribution >= 0.6 is 0 Å². The average molecular weight is 139 g/mol. The highest BCUT2D eigenvalue weighted by Crippen LogP contribution is 2.34. The minimum Gasteiger partial charge on any atom is -0.289 e. The molecular weight excluding hydrogens is 126 g/mol. The van der Waals surface area contributed by atoms with Crippen LogP contribution in [-0.2, 0) is 0 Å². The lowest BCUT2D eigenvalue weighted by Crippen LogP contribution is -2.14. The molecule has 2 heteroatoms. The van der Waals surface area contributed by atoms with Gasteiger partial charge in [-0.1, -0.05) is 6.08 Å². The van der Waals surface area contributed by atoms with E-state index in [0.29, 0.717) is 5.92 Å². The maximum atomic E-state index is 9.29. The summed E-state index contributed by atoms with van der Waals surface area (Å²) in [6.07, 6.45) is 7.08. The van der Waals surface area contributed by atoms with Gasteiger partial charge in [0.15, 0.2) is 0 Å². The van der Waals surface area contributed by atoms with Crippen LogP contribution in [0.3, 0.4) is 0 Å². The van der Waals surface area contributed by atoms with Crippen molar-refractivity contribution in [3.63, 3.8) is 0 Å². The summed E-state index contributed by atoms with van der Waals surface area (Å²) in [5.41, 5.74) is 1.19. The Hall–Kier alpha value is -0.500. The van der Waals surface area contributed by atoms with E-state index >= 15 is 0 Å². The number of hydrogen-bond acceptors (Lipinski definition) is 2. The molecule has 10 heavy (non-hydrogen) atoms. The van der Waals surface area contributed by atoms with E-state index in [1.807, 2.05) is 0 Å². The summed E-state index contributed by atoms with van der Waals surface area (Å²) in [6, 6.07) is 0. The van der Waals surface area contributed by atoms with E-state index in [-0.39, 0.29) is 0 Å². The molecule has 0 spiro atoms. The van der Waals surface area contributed by atoms with Crippen molar-refractivity contribution in [3.8, 4) is 0 Å². The van der Waals surface area contributed by atoms with Gasteiger partial charge in [0.1, 0.15) is 0 Å². The summed E-state index contributed by atoms with van der Waals surface area (Å²) < 4.78 is 0. The molecule has 0 aromatic carbocycles. The highest BCUT2D eigenvalue weighted by atomic mass is 16.5. The van der Waals surface area contributed by atoms with Gasteiger partial charge in [-0.3, -0.25) is 10.3 Å². The van der Waals surface area contributed by atoms with Gasteiger partial charge in [0.05, 0.1) is 0 Å². The molecule has 1 atom stereocenters. The Labute approximate surface area is 61.1 Å². The molecule has 0 radical (unpaired) electrons. The average Bonchev–Trinajstić information content (AvgIpc) is 2.34. The Morgan fingerprint density at radius 1 is 1.50 bits per heavy atom. The van der Waals surface area contributed by atoms with E-state index in [1.54, 1.807) is 0 Å². The topological polar surface area (TPSA) is 23.5 Å². The second kappa shape index (κ2) is 2.27. The molecule has 1 aliphatic carbocycles. The first kappa shape index (κ1) is 6.23. The largest absolute Gasteiger partial charge is 0.289 e. The van der Waals surface area contributed by atoms with E-state index in [2.05, 4.69) is 6.08 Å². The number of rotatable bonds is 0. The molecule has 2 aliphatic rings. The third-order valence-corrected chi connectivity index (χ3v) is 2.52. The van der Waals surface area contributed by atoms with Crippen LogP contribution in [-0.4, -0.2) is 16.8 Å². The molecule has 0 saturated carbocycles. The molecule has 56 valence electrons. The van der Waals surface area contributed by atoms with Crippen LogP contribution in [0.5, 0.6) is 0 Å². The first-order valence-electron chi connectivity index (χ1n) is 4.04. The first-order chi connectivity index (χ1) is 4.88. The van der Waals surface area contributed by atoms with Gasteiger partial charge in [0, 0.05) is 18.2 Å². The lowest BCUT2D eigenvalue weighted by Gasteiger charge is -2.19. The lowest BCUT2D eigenvalue weighted by atomic mass is 9.93. The van der Waals surface area contributed by atoms with Crippen molar-refractivity contribution < 1.29 is 5.21 Å². The minimum atomic E-state index is 0.679. The summed E-state index contributed by atoms with van der Waals surface area (Å²) in [6.45, 7) is 0.844. The maximum absolute atomic E-state index is 9.29. The fraction of sp³-hybridized carbons (Fsp3) is 0.750. The molecule has 1 heterocycles. The van der Waals surface area contributed by atoms with Crippen LogP contribution in [0.15, 0.2) is 11.8 Å². The van der Waals surface area contributed by atoms with Crippen LogP contribution < -0.4 is 0 Å². The molecular formula is C8H13NO. The SMILES string of the molecule is ON1CCC2CCCC=C21. The number of nitrogens with zero attached hydrogens (tertiary/aromatic N) is 1. The van der Waals surface area contributed by atoms with Gasteiger partial charge in [-0.15, -0.1) is 0 Å². The Morgan fingerprint density at radius 2 is 2.40 bits per heavy atom. The van der Waals surface area contributed by atoms with Crippen molar-refractivity contribution in [2.75, 3.05) is 6.54 Å². The van der Waals surface area contributed by atoms with Gasteiger partial charge in [-0.25, -0.2) is 0 Å². The van der Waals surface area contributed by atoms with E-state index < -0.39 is 0 Å². The van der Waals surface area contributed by atoms with E-state index in [4.69, 9.17) is 0 Å². The summed E-state index contributed by atoms with van der Waals surface area (Å²) in [5, 5.41) is 10.7. The van der Waals surface area contributed by atoms with E-state index in [0.717, 1.165) is 19.4 Å². The minimum absolute atomic E-state index is 0.679. The van der Waals surface area contributed by atoms with Gasteiger partial charge < -0.3 is 0 Å². The maximum Gasteiger partial charge on any atom is 0.0456 e. The number of hydrogen-bond donors (Lipinski definition) is 1. The highest BCUT2D eigenvalue weighted by Gasteiger charge is 2.27. The second-order valence-electron chi connectivity index (χ2n) is 3.17. The lowest BCUT2D eigenvalue weighted by molar-refractivity contribution is -0.0415. The second-order valence-corrected chi connectivity index (χ2v) is 3.17. The predicted octanol–water partition coefficient (Wildman–Crippen LogP) is 1.77.